The number of nitrogens with one attached hydrogen (secondary N) is 3. The Kier molecular flexibility index (Phi) is 8.64. The molecular formula is C26H40ClN5O5S. The maximum absolute atomic E-state index is 12.8. The molecule has 1 saturated heterocycles. The van der Waals surface area contributed by atoms with Crippen molar-refractivity contribution in [3.8, 4) is 0 Å². The van der Waals surface area contributed by atoms with E-state index in [1.54, 1.807) is 12.1 Å². The van der Waals surface area contributed by atoms with Gasteiger partial charge in [-0.05, 0) is 98.1 Å². The standard InChI is InChI=1S/C26H39N5O5S.ClH/c27-22(7-17-4-5-36-13-17)23(32)29-15-25-9-18-6-19(10-25)12-26(11-18,14-25)16-30-24(33)31-20-2-1-3-21(8-20)37(28,34)35;/h1-3,8,17-19,22H,4-7,9-16,27H2,(H,29,32)(H2,28,34,35)(H2,30,31,33);1H. The number of hydrogen-bond donors (Lipinski definition) is 5. The smallest absolute Gasteiger partial charge is 0.319 e. The number of primary sulfonamides is 1. The van der Waals surface area contributed by atoms with E-state index in [0.29, 0.717) is 49.6 Å². The van der Waals surface area contributed by atoms with Crippen molar-refractivity contribution in [1.82, 2.24) is 10.6 Å². The summed E-state index contributed by atoms with van der Waals surface area (Å²) in [7, 11) is -3.85. The number of ether oxygens (including phenoxy) is 1. The van der Waals surface area contributed by atoms with Crippen LogP contribution in [0.15, 0.2) is 29.2 Å². The van der Waals surface area contributed by atoms with Crippen LogP contribution in [0.2, 0.25) is 0 Å². The second kappa shape index (κ2) is 11.3. The third-order valence-corrected chi connectivity index (χ3v) is 9.84. The van der Waals surface area contributed by atoms with Gasteiger partial charge in [0.25, 0.3) is 0 Å². The Balaban J connectivity index is 0.00000336. The number of carbonyl (C=O) groups is 2. The maximum atomic E-state index is 12.8. The molecule has 4 unspecified atom stereocenters. The minimum absolute atomic E-state index is 0. The average molecular weight is 570 g/mol. The molecule has 4 bridgehead atoms. The highest BCUT2D eigenvalue weighted by Crippen LogP contribution is 2.64. The molecule has 1 aromatic carbocycles. The molecule has 12 heteroatoms. The number of nitrogens with two attached hydrogens (primary N) is 2. The minimum atomic E-state index is -3.85. The first-order valence-electron chi connectivity index (χ1n) is 13.3. The second-order valence-corrected chi connectivity index (χ2v) is 13.7. The van der Waals surface area contributed by atoms with Crippen LogP contribution >= 0.6 is 12.4 Å². The monoisotopic (exact) mass is 569 g/mol. The molecule has 3 amide bonds. The normalized spacial score (nSPS) is 32.3. The van der Waals surface area contributed by atoms with Crippen LogP contribution in [-0.2, 0) is 19.6 Å². The van der Waals surface area contributed by atoms with E-state index >= 15 is 0 Å². The predicted molar refractivity (Wildman–Crippen MR) is 146 cm³/mol. The molecule has 4 atom stereocenters. The number of anilines is 1. The van der Waals surface area contributed by atoms with Crippen LogP contribution in [-0.4, -0.2) is 52.7 Å². The van der Waals surface area contributed by atoms with Crippen LogP contribution in [0.25, 0.3) is 0 Å². The summed E-state index contributed by atoms with van der Waals surface area (Å²) in [5, 5.41) is 14.1. The number of amides is 3. The zero-order chi connectivity index (χ0) is 26.3. The lowest BCUT2D eigenvalue weighted by molar-refractivity contribution is -0.128. The van der Waals surface area contributed by atoms with Gasteiger partial charge in [-0.15, -0.1) is 12.4 Å². The summed E-state index contributed by atoms with van der Waals surface area (Å²) in [6.07, 6.45) is 8.23. The van der Waals surface area contributed by atoms with E-state index in [1.807, 2.05) is 0 Å². The van der Waals surface area contributed by atoms with E-state index in [9.17, 15) is 18.0 Å². The van der Waals surface area contributed by atoms with Crippen molar-refractivity contribution in [3.63, 3.8) is 0 Å². The number of sulfonamides is 1. The van der Waals surface area contributed by atoms with Crippen molar-refractivity contribution in [2.75, 3.05) is 31.6 Å². The Labute approximate surface area is 230 Å². The first-order chi connectivity index (χ1) is 17.5. The fourth-order valence-electron chi connectivity index (χ4n) is 7.90. The predicted octanol–water partition coefficient (Wildman–Crippen LogP) is 2.33. The summed E-state index contributed by atoms with van der Waals surface area (Å²) in [6.45, 7) is 2.63. The van der Waals surface area contributed by atoms with Gasteiger partial charge in [0.2, 0.25) is 15.9 Å². The van der Waals surface area contributed by atoms with Crippen LogP contribution < -0.4 is 26.8 Å². The van der Waals surface area contributed by atoms with Crippen molar-refractivity contribution in [3.05, 3.63) is 24.3 Å². The number of carbonyl (C=O) groups excluding carboxylic acids is 2. The highest BCUT2D eigenvalue weighted by molar-refractivity contribution is 7.89. The van der Waals surface area contributed by atoms with Gasteiger partial charge in [0.15, 0.2) is 0 Å². The molecule has 0 radical (unpaired) electrons. The highest BCUT2D eigenvalue weighted by atomic mass is 35.5. The van der Waals surface area contributed by atoms with Crippen LogP contribution in [0.5, 0.6) is 0 Å². The molecule has 5 aliphatic rings. The van der Waals surface area contributed by atoms with Crippen LogP contribution in [0.3, 0.4) is 0 Å². The summed E-state index contributed by atoms with van der Waals surface area (Å²) in [4.78, 5) is 25.4. The van der Waals surface area contributed by atoms with E-state index in [4.69, 9.17) is 15.6 Å². The van der Waals surface area contributed by atoms with Gasteiger partial charge >= 0.3 is 6.03 Å². The summed E-state index contributed by atoms with van der Waals surface area (Å²) >= 11 is 0. The first kappa shape index (κ1) is 29.1. The van der Waals surface area contributed by atoms with Crippen LogP contribution in [0.4, 0.5) is 10.5 Å². The van der Waals surface area contributed by atoms with E-state index in [-0.39, 0.29) is 40.1 Å². The number of urea groups is 1. The molecule has 0 spiro atoms. The van der Waals surface area contributed by atoms with Gasteiger partial charge in [0, 0.05) is 32.0 Å². The minimum Gasteiger partial charge on any atom is -0.381 e. The average Bonchev–Trinajstić information content (AvgIpc) is 3.33. The second-order valence-electron chi connectivity index (χ2n) is 12.1. The first-order valence-corrected chi connectivity index (χ1v) is 14.9. The van der Waals surface area contributed by atoms with Crippen LogP contribution in [0, 0.1) is 28.6 Å². The van der Waals surface area contributed by atoms with Gasteiger partial charge in [-0.25, -0.2) is 18.4 Å². The third kappa shape index (κ3) is 6.62. The third-order valence-electron chi connectivity index (χ3n) is 8.93. The molecular weight excluding hydrogens is 530 g/mol. The molecule has 0 aromatic heterocycles. The topological polar surface area (TPSA) is 166 Å². The Hall–Kier alpha value is -1.92. The van der Waals surface area contributed by atoms with E-state index < -0.39 is 16.1 Å². The van der Waals surface area contributed by atoms with Crippen molar-refractivity contribution >= 4 is 40.1 Å². The molecule has 212 valence electrons. The molecule has 4 saturated carbocycles. The molecule has 6 rings (SSSR count). The van der Waals surface area contributed by atoms with Crippen molar-refractivity contribution in [2.45, 2.75) is 62.3 Å². The largest absolute Gasteiger partial charge is 0.381 e. The fourth-order valence-corrected chi connectivity index (χ4v) is 8.46. The SMILES string of the molecule is Cl.NC(CC1CCOC1)C(=O)NCC12CC3CC(CC(CNC(=O)Nc4cccc(S(N)(=O)=O)c4)(C3)C1)C2. The quantitative estimate of drug-likeness (QED) is 0.306. The maximum Gasteiger partial charge on any atom is 0.319 e. The zero-order valence-corrected chi connectivity index (χ0v) is 23.2. The van der Waals surface area contributed by atoms with Gasteiger partial charge in [-0.3, -0.25) is 4.79 Å². The molecule has 5 fully saturated rings. The number of halogens is 1. The Bertz CT molecular complexity index is 1130. The van der Waals surface area contributed by atoms with Crippen molar-refractivity contribution in [2.24, 2.45) is 39.5 Å². The fraction of sp³-hybridized carbons (Fsp3) is 0.692. The summed E-state index contributed by atoms with van der Waals surface area (Å²) < 4.78 is 28.6. The summed E-state index contributed by atoms with van der Waals surface area (Å²) in [5.74, 6) is 1.51. The highest BCUT2D eigenvalue weighted by Gasteiger charge is 2.57. The molecule has 1 heterocycles. The summed E-state index contributed by atoms with van der Waals surface area (Å²) in [5.41, 5.74) is 6.65. The van der Waals surface area contributed by atoms with Crippen molar-refractivity contribution < 1.29 is 22.7 Å². The Morgan fingerprint density at radius 2 is 1.74 bits per heavy atom. The van der Waals surface area contributed by atoms with E-state index in [1.165, 1.54) is 18.6 Å². The lowest BCUT2D eigenvalue weighted by atomic mass is 9.44. The lowest BCUT2D eigenvalue weighted by Gasteiger charge is -2.62. The summed E-state index contributed by atoms with van der Waals surface area (Å²) in [6, 6.07) is 5.03. The molecule has 7 N–H and O–H groups in total. The zero-order valence-electron chi connectivity index (χ0n) is 21.6. The number of benzene rings is 1. The number of hydrogen-bond acceptors (Lipinski definition) is 6. The molecule has 1 aromatic rings. The number of rotatable bonds is 9. The van der Waals surface area contributed by atoms with Crippen molar-refractivity contribution in [1.29, 1.82) is 0 Å². The van der Waals surface area contributed by atoms with E-state index in [0.717, 1.165) is 45.1 Å². The Morgan fingerprint density at radius 1 is 1.08 bits per heavy atom. The molecule has 4 aliphatic carbocycles. The van der Waals surface area contributed by atoms with E-state index in [2.05, 4.69) is 16.0 Å². The van der Waals surface area contributed by atoms with Gasteiger partial charge in [0.05, 0.1) is 10.9 Å². The molecule has 1 aliphatic heterocycles. The molecule has 38 heavy (non-hydrogen) atoms. The lowest BCUT2D eigenvalue weighted by Crippen LogP contribution is -2.59. The van der Waals surface area contributed by atoms with Gasteiger partial charge in [-0.2, -0.15) is 0 Å². The Morgan fingerprint density at radius 3 is 2.34 bits per heavy atom. The van der Waals surface area contributed by atoms with Gasteiger partial charge < -0.3 is 26.4 Å². The van der Waals surface area contributed by atoms with Crippen LogP contribution in [0.1, 0.15) is 51.4 Å². The van der Waals surface area contributed by atoms with Gasteiger partial charge in [0.1, 0.15) is 0 Å². The molecule has 10 nitrogen and oxygen atoms in total. The van der Waals surface area contributed by atoms with Gasteiger partial charge in [-0.1, -0.05) is 6.07 Å².